The van der Waals surface area contributed by atoms with Crippen LogP contribution in [0.3, 0.4) is 0 Å². The Labute approximate surface area is 156 Å². The SMILES string of the molecule is O=C(NC(F)C(F)F)c1noc(Cc2ccc(-c3noc(C(F)(F)F)n3)cc2)n1. The lowest BCUT2D eigenvalue weighted by Gasteiger charge is -2.06. The third-order valence-electron chi connectivity index (χ3n) is 3.40. The summed E-state index contributed by atoms with van der Waals surface area (Å²) in [5, 5.41) is 7.88. The molecule has 3 rings (SSSR count). The van der Waals surface area contributed by atoms with E-state index in [0.717, 1.165) is 0 Å². The number of benzene rings is 1. The summed E-state index contributed by atoms with van der Waals surface area (Å²) in [5.74, 6) is -3.72. The van der Waals surface area contributed by atoms with E-state index in [-0.39, 0.29) is 23.7 Å². The molecule has 14 heteroatoms. The van der Waals surface area contributed by atoms with Gasteiger partial charge in [0.05, 0.1) is 6.42 Å². The van der Waals surface area contributed by atoms with Crippen molar-refractivity contribution < 1.29 is 40.2 Å². The first-order valence-electron chi connectivity index (χ1n) is 7.69. The number of rotatable bonds is 6. The van der Waals surface area contributed by atoms with Crippen LogP contribution in [0.15, 0.2) is 33.3 Å². The minimum atomic E-state index is -4.76. The van der Waals surface area contributed by atoms with E-state index in [1.165, 1.54) is 29.6 Å². The monoisotopic (exact) mass is 421 g/mol. The Morgan fingerprint density at radius 3 is 2.31 bits per heavy atom. The second-order valence-corrected chi connectivity index (χ2v) is 5.52. The molecule has 0 bridgehead atoms. The minimum Gasteiger partial charge on any atom is -0.338 e. The van der Waals surface area contributed by atoms with Crippen molar-refractivity contribution in [2.45, 2.75) is 25.3 Å². The molecule has 8 nitrogen and oxygen atoms in total. The molecule has 3 aromatic rings. The fraction of sp³-hybridized carbons (Fsp3) is 0.267. The van der Waals surface area contributed by atoms with Gasteiger partial charge in [-0.1, -0.05) is 34.6 Å². The summed E-state index contributed by atoms with van der Waals surface area (Å²) in [6.07, 6.45) is -11.0. The van der Waals surface area contributed by atoms with Crippen molar-refractivity contribution in [2.75, 3.05) is 0 Å². The highest BCUT2D eigenvalue weighted by Crippen LogP contribution is 2.29. The fourth-order valence-corrected chi connectivity index (χ4v) is 2.07. The molecule has 0 spiro atoms. The third kappa shape index (κ3) is 4.89. The van der Waals surface area contributed by atoms with Gasteiger partial charge in [-0.05, 0) is 5.56 Å². The largest absolute Gasteiger partial charge is 0.471 e. The smallest absolute Gasteiger partial charge is 0.338 e. The Kier molecular flexibility index (Phi) is 5.52. The number of carbonyl (C=O) groups is 1. The van der Waals surface area contributed by atoms with Crippen LogP contribution in [0.4, 0.5) is 26.3 Å². The molecule has 1 unspecified atom stereocenters. The number of amides is 1. The highest BCUT2D eigenvalue weighted by Gasteiger charge is 2.38. The van der Waals surface area contributed by atoms with Crippen molar-refractivity contribution in [1.29, 1.82) is 0 Å². The molecule has 1 atom stereocenters. The molecule has 1 aromatic carbocycles. The van der Waals surface area contributed by atoms with Crippen LogP contribution in [0.2, 0.25) is 0 Å². The van der Waals surface area contributed by atoms with Crippen molar-refractivity contribution >= 4 is 5.91 Å². The van der Waals surface area contributed by atoms with Gasteiger partial charge in [-0.2, -0.15) is 23.1 Å². The number of carbonyl (C=O) groups excluding carboxylic acids is 1. The molecule has 2 heterocycles. The Bertz CT molecular complexity index is 985. The summed E-state index contributed by atoms with van der Waals surface area (Å²) in [5.41, 5.74) is 0.805. The number of hydrogen-bond donors (Lipinski definition) is 1. The van der Waals surface area contributed by atoms with Gasteiger partial charge in [0.2, 0.25) is 18.0 Å². The van der Waals surface area contributed by atoms with Gasteiger partial charge in [0.25, 0.3) is 18.2 Å². The number of nitrogens with one attached hydrogen (secondary N) is 1. The van der Waals surface area contributed by atoms with Crippen LogP contribution >= 0.6 is 0 Å². The van der Waals surface area contributed by atoms with Crippen molar-refractivity contribution in [3.05, 3.63) is 47.4 Å². The van der Waals surface area contributed by atoms with E-state index in [0.29, 0.717) is 5.56 Å². The second-order valence-electron chi connectivity index (χ2n) is 5.52. The van der Waals surface area contributed by atoms with Crippen LogP contribution in [0.1, 0.15) is 28.0 Å². The number of hydrogen-bond acceptors (Lipinski definition) is 7. The zero-order valence-corrected chi connectivity index (χ0v) is 14.0. The third-order valence-corrected chi connectivity index (χ3v) is 3.40. The number of aromatic nitrogens is 4. The first-order valence-corrected chi connectivity index (χ1v) is 7.69. The summed E-state index contributed by atoms with van der Waals surface area (Å²) in [6, 6.07) is 5.83. The predicted molar refractivity (Wildman–Crippen MR) is 80.2 cm³/mol. The molecule has 1 amide bonds. The van der Waals surface area contributed by atoms with Gasteiger partial charge in [0.15, 0.2) is 0 Å². The van der Waals surface area contributed by atoms with Gasteiger partial charge in [-0.15, -0.1) is 0 Å². The molecule has 0 saturated carbocycles. The first-order chi connectivity index (χ1) is 13.6. The predicted octanol–water partition coefficient (Wildman–Crippen LogP) is 3.02. The Morgan fingerprint density at radius 1 is 1.03 bits per heavy atom. The lowest BCUT2D eigenvalue weighted by Crippen LogP contribution is -2.37. The van der Waals surface area contributed by atoms with E-state index < -0.39 is 36.5 Å². The molecule has 0 aliphatic heterocycles. The van der Waals surface area contributed by atoms with Crippen molar-refractivity contribution in [1.82, 2.24) is 25.6 Å². The highest BCUT2D eigenvalue weighted by molar-refractivity contribution is 5.90. The maximum Gasteiger partial charge on any atom is 0.471 e. The van der Waals surface area contributed by atoms with Gasteiger partial charge in [-0.25, -0.2) is 13.2 Å². The highest BCUT2D eigenvalue weighted by atomic mass is 19.4. The van der Waals surface area contributed by atoms with Gasteiger partial charge in [0.1, 0.15) is 0 Å². The summed E-state index contributed by atoms with van der Waals surface area (Å²) in [4.78, 5) is 18.4. The van der Waals surface area contributed by atoms with Crippen LogP contribution in [0.25, 0.3) is 11.4 Å². The van der Waals surface area contributed by atoms with Crippen LogP contribution in [-0.2, 0) is 12.6 Å². The average molecular weight is 421 g/mol. The molecule has 29 heavy (non-hydrogen) atoms. The number of alkyl halides is 6. The minimum absolute atomic E-state index is 0.00844. The molecule has 0 radical (unpaired) electrons. The van der Waals surface area contributed by atoms with Crippen LogP contribution in [0, 0.1) is 0 Å². The lowest BCUT2D eigenvalue weighted by atomic mass is 10.1. The van der Waals surface area contributed by atoms with E-state index in [1.54, 1.807) is 0 Å². The van der Waals surface area contributed by atoms with Crippen molar-refractivity contribution in [3.63, 3.8) is 0 Å². The van der Waals surface area contributed by atoms with E-state index in [9.17, 15) is 31.1 Å². The van der Waals surface area contributed by atoms with E-state index in [2.05, 4.69) is 24.8 Å². The van der Waals surface area contributed by atoms with Crippen LogP contribution in [0.5, 0.6) is 0 Å². The Balaban J connectivity index is 1.65. The standard InChI is InChI=1S/C15H9F6N5O3/c16-9(17)10(18)23-13(27)12-22-8(28-26-12)5-6-1-3-7(4-2-6)11-24-14(29-25-11)15(19,20)21/h1-4,9-10H,5H2,(H,23,27). The number of halogens is 6. The normalized spacial score (nSPS) is 12.9. The molecule has 1 N–H and O–H groups in total. The van der Waals surface area contributed by atoms with Crippen LogP contribution < -0.4 is 5.32 Å². The summed E-state index contributed by atoms with van der Waals surface area (Å²) in [6.45, 7) is 0. The molecular formula is C15H9F6N5O3. The summed E-state index contributed by atoms with van der Waals surface area (Å²) in [7, 11) is 0. The Hall–Kier alpha value is -3.45. The van der Waals surface area contributed by atoms with Gasteiger partial charge < -0.3 is 14.4 Å². The zero-order valence-electron chi connectivity index (χ0n) is 14.0. The molecule has 154 valence electrons. The van der Waals surface area contributed by atoms with Gasteiger partial charge >= 0.3 is 12.1 Å². The lowest BCUT2D eigenvalue weighted by molar-refractivity contribution is -0.159. The van der Waals surface area contributed by atoms with E-state index >= 15 is 0 Å². The Morgan fingerprint density at radius 2 is 1.72 bits per heavy atom. The van der Waals surface area contributed by atoms with Gasteiger partial charge in [0, 0.05) is 5.56 Å². The fourth-order valence-electron chi connectivity index (χ4n) is 2.07. The van der Waals surface area contributed by atoms with Crippen molar-refractivity contribution in [2.24, 2.45) is 0 Å². The molecule has 0 fully saturated rings. The maximum atomic E-state index is 12.8. The van der Waals surface area contributed by atoms with E-state index in [1.807, 2.05) is 0 Å². The number of nitrogens with zero attached hydrogens (tertiary/aromatic N) is 4. The second kappa shape index (κ2) is 7.89. The maximum absolute atomic E-state index is 12.8. The quantitative estimate of drug-likeness (QED) is 0.482. The molecule has 0 aliphatic rings. The average Bonchev–Trinajstić information content (AvgIpc) is 3.31. The summed E-state index contributed by atoms with van der Waals surface area (Å²) < 4.78 is 83.4. The van der Waals surface area contributed by atoms with Crippen molar-refractivity contribution in [3.8, 4) is 11.4 Å². The molecule has 2 aromatic heterocycles. The van der Waals surface area contributed by atoms with Gasteiger partial charge in [-0.3, -0.25) is 4.79 Å². The molecule has 0 aliphatic carbocycles. The first kappa shape index (κ1) is 20.3. The topological polar surface area (TPSA) is 107 Å². The zero-order chi connectivity index (χ0) is 21.2. The van der Waals surface area contributed by atoms with Crippen LogP contribution in [-0.4, -0.2) is 38.9 Å². The summed E-state index contributed by atoms with van der Waals surface area (Å²) >= 11 is 0. The molecular weight excluding hydrogens is 412 g/mol. The molecule has 0 saturated heterocycles. The van der Waals surface area contributed by atoms with E-state index in [4.69, 9.17) is 4.52 Å².